The maximum absolute atomic E-state index is 2.56. The fourth-order valence-electron chi connectivity index (χ4n) is 3.69. The fraction of sp³-hybridized carbons (Fsp3) is 0.867. The summed E-state index contributed by atoms with van der Waals surface area (Å²) in [7, 11) is 0. The molecule has 0 saturated heterocycles. The molecule has 0 amide bonds. The molecule has 86 valence electrons. The van der Waals surface area contributed by atoms with E-state index >= 15 is 0 Å². The molecule has 2 aliphatic carbocycles. The van der Waals surface area contributed by atoms with Crippen molar-refractivity contribution in [2.24, 2.45) is 17.8 Å². The molecule has 0 aromatic carbocycles. The van der Waals surface area contributed by atoms with Gasteiger partial charge in [-0.25, -0.2) is 0 Å². The molecule has 2 rings (SSSR count). The van der Waals surface area contributed by atoms with Gasteiger partial charge in [0.15, 0.2) is 0 Å². The van der Waals surface area contributed by atoms with Gasteiger partial charge < -0.3 is 0 Å². The van der Waals surface area contributed by atoms with Gasteiger partial charge in [0.1, 0.15) is 0 Å². The Balaban J connectivity index is 1.86. The third-order valence-electron chi connectivity index (χ3n) is 4.55. The average molecular weight is 206 g/mol. The van der Waals surface area contributed by atoms with Gasteiger partial charge in [0, 0.05) is 0 Å². The Labute approximate surface area is 95.1 Å². The Morgan fingerprint density at radius 2 is 1.87 bits per heavy atom. The van der Waals surface area contributed by atoms with Crippen LogP contribution in [0.3, 0.4) is 0 Å². The number of unbranched alkanes of at least 4 members (excludes halogenated alkanes) is 2. The molecule has 0 heteroatoms. The quantitative estimate of drug-likeness (QED) is 0.539. The molecule has 1 fully saturated rings. The van der Waals surface area contributed by atoms with Crippen LogP contribution in [0.2, 0.25) is 0 Å². The summed E-state index contributed by atoms with van der Waals surface area (Å²) in [4.78, 5) is 0. The van der Waals surface area contributed by atoms with E-state index in [1.54, 1.807) is 0 Å². The van der Waals surface area contributed by atoms with Crippen molar-refractivity contribution < 1.29 is 0 Å². The molecule has 0 aromatic heterocycles. The first-order valence-corrected chi connectivity index (χ1v) is 7.05. The normalized spacial score (nSPS) is 33.5. The summed E-state index contributed by atoms with van der Waals surface area (Å²) in [5, 5.41) is 0. The second-order valence-corrected chi connectivity index (χ2v) is 5.53. The lowest BCUT2D eigenvalue weighted by Gasteiger charge is -2.21. The molecule has 3 unspecified atom stereocenters. The van der Waals surface area contributed by atoms with Gasteiger partial charge in [-0.3, -0.25) is 0 Å². The first-order valence-electron chi connectivity index (χ1n) is 7.05. The van der Waals surface area contributed by atoms with Crippen LogP contribution in [0.5, 0.6) is 0 Å². The van der Waals surface area contributed by atoms with Gasteiger partial charge in [0.05, 0.1) is 0 Å². The number of rotatable bonds is 6. The van der Waals surface area contributed by atoms with E-state index in [9.17, 15) is 0 Å². The Bertz CT molecular complexity index is 226. The number of hydrogen-bond acceptors (Lipinski definition) is 0. The van der Waals surface area contributed by atoms with Crippen LogP contribution in [0, 0.1) is 17.8 Å². The highest BCUT2D eigenvalue weighted by atomic mass is 14.5. The van der Waals surface area contributed by atoms with Crippen LogP contribution >= 0.6 is 0 Å². The minimum absolute atomic E-state index is 1.01. The van der Waals surface area contributed by atoms with E-state index in [2.05, 4.69) is 19.9 Å². The van der Waals surface area contributed by atoms with E-state index in [0.717, 1.165) is 17.8 Å². The second kappa shape index (κ2) is 5.18. The van der Waals surface area contributed by atoms with Crippen molar-refractivity contribution in [3.8, 4) is 0 Å². The van der Waals surface area contributed by atoms with Crippen molar-refractivity contribution >= 4 is 0 Å². The summed E-state index contributed by atoms with van der Waals surface area (Å²) < 4.78 is 0. The van der Waals surface area contributed by atoms with E-state index in [1.165, 1.54) is 51.4 Å². The smallest absolute Gasteiger partial charge is 0.0169 e. The molecule has 1 saturated carbocycles. The van der Waals surface area contributed by atoms with Gasteiger partial charge in [0.25, 0.3) is 0 Å². The average Bonchev–Trinajstić information content (AvgIpc) is 2.80. The van der Waals surface area contributed by atoms with Crippen LogP contribution in [-0.2, 0) is 0 Å². The van der Waals surface area contributed by atoms with Crippen LogP contribution < -0.4 is 0 Å². The van der Waals surface area contributed by atoms with Gasteiger partial charge in [-0.2, -0.15) is 0 Å². The van der Waals surface area contributed by atoms with Gasteiger partial charge in [0.2, 0.25) is 0 Å². The molecule has 15 heavy (non-hydrogen) atoms. The highest BCUT2D eigenvalue weighted by Crippen LogP contribution is 2.52. The van der Waals surface area contributed by atoms with Crippen molar-refractivity contribution in [2.75, 3.05) is 0 Å². The third kappa shape index (κ3) is 2.29. The van der Waals surface area contributed by atoms with Crippen LogP contribution in [-0.4, -0.2) is 0 Å². The van der Waals surface area contributed by atoms with E-state index in [0.29, 0.717) is 0 Å². The summed E-state index contributed by atoms with van der Waals surface area (Å²) in [5.74, 6) is 3.12. The standard InChI is InChI=1S/C15H26/c1-3-5-7-12-11-13-9-10-15(12)14(13)8-6-4-2/h9,12,14-15H,3-8,10-11H2,1-2H3. The summed E-state index contributed by atoms with van der Waals surface area (Å²) >= 11 is 0. The lowest BCUT2D eigenvalue weighted by atomic mass is 9.84. The zero-order valence-electron chi connectivity index (χ0n) is 10.5. The predicted octanol–water partition coefficient (Wildman–Crippen LogP) is 4.95. The third-order valence-corrected chi connectivity index (χ3v) is 4.55. The summed E-state index contributed by atoms with van der Waals surface area (Å²) in [5.41, 5.74) is 1.84. The summed E-state index contributed by atoms with van der Waals surface area (Å²) in [6.07, 6.45) is 14.1. The molecular formula is C15H26. The molecular weight excluding hydrogens is 180 g/mol. The van der Waals surface area contributed by atoms with E-state index in [-0.39, 0.29) is 0 Å². The lowest BCUT2D eigenvalue weighted by Crippen LogP contribution is -2.12. The molecule has 0 nitrogen and oxygen atoms in total. The van der Waals surface area contributed by atoms with Crippen molar-refractivity contribution in [3.63, 3.8) is 0 Å². The van der Waals surface area contributed by atoms with Crippen LogP contribution in [0.15, 0.2) is 11.6 Å². The molecule has 0 spiro atoms. The van der Waals surface area contributed by atoms with Crippen LogP contribution in [0.1, 0.15) is 65.2 Å². The predicted molar refractivity (Wildman–Crippen MR) is 66.8 cm³/mol. The van der Waals surface area contributed by atoms with Gasteiger partial charge in [-0.05, 0) is 43.4 Å². The van der Waals surface area contributed by atoms with Crippen molar-refractivity contribution in [1.29, 1.82) is 0 Å². The number of fused-ring (bicyclic) bond motifs is 2. The second-order valence-electron chi connectivity index (χ2n) is 5.53. The Morgan fingerprint density at radius 3 is 2.60 bits per heavy atom. The van der Waals surface area contributed by atoms with Crippen molar-refractivity contribution in [2.45, 2.75) is 65.2 Å². The minimum atomic E-state index is 1.01. The highest BCUT2D eigenvalue weighted by Gasteiger charge is 2.41. The van der Waals surface area contributed by atoms with E-state index in [4.69, 9.17) is 0 Å². The Kier molecular flexibility index (Phi) is 3.88. The highest BCUT2D eigenvalue weighted by molar-refractivity contribution is 5.22. The maximum Gasteiger partial charge on any atom is -0.0169 e. The molecule has 0 radical (unpaired) electrons. The molecule has 0 aliphatic heterocycles. The maximum atomic E-state index is 2.56. The van der Waals surface area contributed by atoms with E-state index in [1.807, 2.05) is 5.57 Å². The van der Waals surface area contributed by atoms with Crippen molar-refractivity contribution in [1.82, 2.24) is 0 Å². The van der Waals surface area contributed by atoms with Gasteiger partial charge in [-0.15, -0.1) is 0 Å². The molecule has 2 bridgehead atoms. The monoisotopic (exact) mass is 206 g/mol. The first kappa shape index (κ1) is 11.2. The van der Waals surface area contributed by atoms with Crippen LogP contribution in [0.25, 0.3) is 0 Å². The van der Waals surface area contributed by atoms with E-state index < -0.39 is 0 Å². The van der Waals surface area contributed by atoms with Crippen molar-refractivity contribution in [3.05, 3.63) is 11.6 Å². The first-order chi connectivity index (χ1) is 7.36. The van der Waals surface area contributed by atoms with Gasteiger partial charge in [-0.1, -0.05) is 51.2 Å². The SMILES string of the molecule is CCCCC1CC2=CCC1C2CCCC. The zero-order valence-corrected chi connectivity index (χ0v) is 10.5. The molecule has 3 atom stereocenters. The number of hydrogen-bond donors (Lipinski definition) is 0. The molecule has 0 N–H and O–H groups in total. The lowest BCUT2D eigenvalue weighted by molar-refractivity contribution is 0.295. The van der Waals surface area contributed by atoms with Gasteiger partial charge >= 0.3 is 0 Å². The summed E-state index contributed by atoms with van der Waals surface area (Å²) in [6, 6.07) is 0. The Morgan fingerprint density at radius 1 is 1.13 bits per heavy atom. The molecule has 2 aliphatic rings. The topological polar surface area (TPSA) is 0 Å². The largest absolute Gasteiger partial charge is 0.0847 e. The van der Waals surface area contributed by atoms with Crippen LogP contribution in [0.4, 0.5) is 0 Å². The molecule has 0 heterocycles. The minimum Gasteiger partial charge on any atom is -0.0847 e. The molecule has 0 aromatic rings. The summed E-state index contributed by atoms with van der Waals surface area (Å²) in [6.45, 7) is 4.64. The zero-order chi connectivity index (χ0) is 10.7. The Hall–Kier alpha value is -0.260. The number of allylic oxidation sites excluding steroid dienone is 2. The fourth-order valence-corrected chi connectivity index (χ4v) is 3.69.